The number of aromatic amines is 1. The number of fused-ring (bicyclic) bond motifs is 1. The average Bonchev–Trinajstić information content (AvgIpc) is 3.47. The van der Waals surface area contributed by atoms with Crippen molar-refractivity contribution in [3.63, 3.8) is 0 Å². The van der Waals surface area contributed by atoms with E-state index in [0.717, 1.165) is 26.9 Å². The van der Waals surface area contributed by atoms with Gasteiger partial charge in [0.1, 0.15) is 11.9 Å². The number of hydrazine groups is 1. The van der Waals surface area contributed by atoms with Crippen LogP contribution in [0, 0.1) is 19.3 Å². The van der Waals surface area contributed by atoms with Crippen molar-refractivity contribution in [2.45, 2.75) is 66.1 Å². The number of hydrogen-bond donors (Lipinski definition) is 8. The number of aromatic nitrogens is 1. The second kappa shape index (κ2) is 18.5. The zero-order valence-electron chi connectivity index (χ0n) is 34.8. The lowest BCUT2D eigenvalue weighted by molar-refractivity contribution is -0.136. The van der Waals surface area contributed by atoms with Gasteiger partial charge in [-0.05, 0) is 93.8 Å². The summed E-state index contributed by atoms with van der Waals surface area (Å²) >= 11 is 0. The van der Waals surface area contributed by atoms with Crippen LogP contribution in [0.25, 0.3) is 11.8 Å². The van der Waals surface area contributed by atoms with Crippen LogP contribution in [-0.2, 0) is 20.9 Å². The molecule has 0 saturated carbocycles. The monoisotopic (exact) mass is 833 g/mol. The Morgan fingerprint density at radius 3 is 2.39 bits per heavy atom. The Morgan fingerprint density at radius 2 is 1.72 bits per heavy atom. The molecule has 0 radical (unpaired) electrons. The second-order valence-electron chi connectivity index (χ2n) is 15.5. The van der Waals surface area contributed by atoms with Gasteiger partial charge in [-0.1, -0.05) is 12.1 Å². The Hall–Kier alpha value is -7.08. The molecular formula is C43H51N11O7. The first-order valence-electron chi connectivity index (χ1n) is 20.0. The zero-order valence-corrected chi connectivity index (χ0v) is 34.8. The highest BCUT2D eigenvalue weighted by Gasteiger charge is 2.45. The normalized spacial score (nSPS) is 17.7. The molecule has 3 aliphatic rings. The Labute approximate surface area is 351 Å². The van der Waals surface area contributed by atoms with Crippen molar-refractivity contribution in [2.75, 3.05) is 43.4 Å². The van der Waals surface area contributed by atoms with Gasteiger partial charge in [0, 0.05) is 79.2 Å². The number of amides is 6. The lowest BCUT2D eigenvalue weighted by atomic mass is 10.0. The Morgan fingerprint density at radius 1 is 0.984 bits per heavy atom. The van der Waals surface area contributed by atoms with Crippen LogP contribution in [0.1, 0.15) is 81.5 Å². The molecule has 0 bridgehead atoms. The third-order valence-corrected chi connectivity index (χ3v) is 10.7. The predicted octanol–water partition coefficient (Wildman–Crippen LogP) is 0.305. The molecule has 1 aromatic heterocycles. The number of anilines is 2. The molecule has 18 nitrogen and oxygen atoms in total. The quantitative estimate of drug-likeness (QED) is 0.0698. The van der Waals surface area contributed by atoms with E-state index < -0.39 is 35.6 Å². The smallest absolute Gasteiger partial charge is 0.264 e. The fraction of sp³-hybridized carbons (Fsp3) is 0.349. The van der Waals surface area contributed by atoms with E-state index in [1.54, 1.807) is 36.2 Å². The van der Waals surface area contributed by atoms with Gasteiger partial charge in [-0.25, -0.2) is 5.01 Å². The van der Waals surface area contributed by atoms with Crippen LogP contribution >= 0.6 is 0 Å². The van der Waals surface area contributed by atoms with Gasteiger partial charge in [-0.15, -0.1) is 0 Å². The highest BCUT2D eigenvalue weighted by molar-refractivity contribution is 6.25. The molecule has 2 saturated heterocycles. The number of carbonyl (C=O) groups excluding carboxylic acids is 6. The van der Waals surface area contributed by atoms with Gasteiger partial charge in [-0.2, -0.15) is 0 Å². The van der Waals surface area contributed by atoms with Gasteiger partial charge in [0.25, 0.3) is 29.2 Å². The van der Waals surface area contributed by atoms with Crippen LogP contribution < -0.4 is 48.4 Å². The van der Waals surface area contributed by atoms with Gasteiger partial charge < -0.3 is 31.6 Å². The van der Waals surface area contributed by atoms with Crippen LogP contribution in [0.15, 0.2) is 53.3 Å². The van der Waals surface area contributed by atoms with Gasteiger partial charge in [0.15, 0.2) is 0 Å². The van der Waals surface area contributed by atoms with E-state index >= 15 is 0 Å². The lowest BCUT2D eigenvalue weighted by Crippen LogP contribution is -2.55. The first kappa shape index (κ1) is 43.5. The Bertz CT molecular complexity index is 2540. The molecule has 1 unspecified atom stereocenters. The molecule has 2 fully saturated rings. The van der Waals surface area contributed by atoms with Crippen LogP contribution in [0.4, 0.5) is 11.4 Å². The number of aryl methyl sites for hydroxylation is 2. The molecule has 320 valence electrons. The number of rotatable bonds is 12. The third kappa shape index (κ3) is 9.70. The molecule has 0 spiro atoms. The molecule has 3 aromatic rings. The third-order valence-electron chi connectivity index (χ3n) is 10.7. The van der Waals surface area contributed by atoms with E-state index in [1.807, 2.05) is 50.8 Å². The largest absolute Gasteiger partial charge is 0.404 e. The maximum atomic E-state index is 13.6. The minimum absolute atomic E-state index is 0.00675. The van der Waals surface area contributed by atoms with Crippen molar-refractivity contribution in [3.8, 4) is 0 Å². The molecule has 0 aliphatic carbocycles. The number of nitrogens with zero attached hydrogens (tertiary/aromatic N) is 3. The molecule has 6 amide bonds. The summed E-state index contributed by atoms with van der Waals surface area (Å²) in [4.78, 5) is 95.4. The first-order chi connectivity index (χ1) is 29.1. The van der Waals surface area contributed by atoms with Gasteiger partial charge in [0.05, 0.1) is 23.2 Å². The van der Waals surface area contributed by atoms with Crippen LogP contribution in [-0.4, -0.2) is 106 Å². The summed E-state index contributed by atoms with van der Waals surface area (Å²) in [7, 11) is 0. The lowest BCUT2D eigenvalue weighted by Gasteiger charge is -2.35. The fourth-order valence-corrected chi connectivity index (χ4v) is 7.56. The molecule has 61 heavy (non-hydrogen) atoms. The number of H-pyrrole nitrogens is 1. The number of allylic oxidation sites excluding steroid dienone is 1. The molecule has 6 rings (SSSR count). The Balaban J connectivity index is 1.06. The SMILES string of the molecule is CC(C=CC(=N)N1CCN(NC(=O)CNc2cccc3c2C(=O)N(C2CCC(=O)NC2=O)C3=O)CC1)=c1cc(NC(C)C)c(=CN)c(C(=O)NCc2c(C)cc(C)[nH]c2=O)c1. The van der Waals surface area contributed by atoms with Crippen LogP contribution in [0.3, 0.4) is 0 Å². The number of nitrogens with two attached hydrogens (primary N) is 1. The van der Waals surface area contributed by atoms with E-state index in [4.69, 9.17) is 11.1 Å². The summed E-state index contributed by atoms with van der Waals surface area (Å²) in [6, 6.07) is 9.06. The number of hydrogen-bond acceptors (Lipinski definition) is 12. The van der Waals surface area contributed by atoms with E-state index in [-0.39, 0.29) is 66.1 Å². The van der Waals surface area contributed by atoms with Gasteiger partial charge in [-0.3, -0.25) is 54.6 Å². The van der Waals surface area contributed by atoms with Crippen LogP contribution in [0.2, 0.25) is 0 Å². The van der Waals surface area contributed by atoms with E-state index in [9.17, 15) is 33.6 Å². The number of carbonyl (C=O) groups is 6. The molecular weight excluding hydrogens is 783 g/mol. The first-order valence-corrected chi connectivity index (χ1v) is 20.0. The number of imide groups is 2. The summed E-state index contributed by atoms with van der Waals surface area (Å²) in [6.07, 6.45) is 4.92. The summed E-state index contributed by atoms with van der Waals surface area (Å²) < 4.78 is 0. The molecule has 1 atom stereocenters. The van der Waals surface area contributed by atoms with Gasteiger partial charge >= 0.3 is 0 Å². The standard InChI is InChI=1S/C43H51N11O7/c1-23(2)48-33-19-27(18-29(30(33)20-44)39(57)47-21-31-25(4)17-26(5)49-40(31)58)24(3)9-11-35(45)52-13-15-53(16-14-52)51-37(56)22-46-32-8-6-7-28-38(32)43(61)54(42(28)60)34-10-12-36(55)50-41(34)59/h6-9,11,17-20,23,34,45-46,48H,10,12-16,21-22,44H2,1-5H3,(H,47,57)(H,49,58)(H,51,56)(H,50,55,59). The highest BCUT2D eigenvalue weighted by atomic mass is 16.2. The maximum absolute atomic E-state index is 13.6. The number of pyridine rings is 1. The van der Waals surface area contributed by atoms with Crippen molar-refractivity contribution in [2.24, 2.45) is 5.73 Å². The van der Waals surface area contributed by atoms with Gasteiger partial charge in [0.2, 0.25) is 11.8 Å². The minimum atomic E-state index is -1.10. The average molecular weight is 834 g/mol. The molecule has 9 N–H and O–H groups in total. The maximum Gasteiger partial charge on any atom is 0.264 e. The second-order valence-corrected chi connectivity index (χ2v) is 15.5. The number of benzene rings is 2. The molecule has 3 aliphatic heterocycles. The summed E-state index contributed by atoms with van der Waals surface area (Å²) in [5.74, 6) is -3.00. The minimum Gasteiger partial charge on any atom is -0.404 e. The van der Waals surface area contributed by atoms with Crippen molar-refractivity contribution in [1.29, 1.82) is 5.41 Å². The van der Waals surface area contributed by atoms with Crippen LogP contribution in [0.5, 0.6) is 0 Å². The van der Waals surface area contributed by atoms with E-state index in [1.165, 1.54) is 12.3 Å². The Kier molecular flexibility index (Phi) is 13.2. The van der Waals surface area contributed by atoms with E-state index in [2.05, 4.69) is 31.7 Å². The number of piperidine rings is 1. The van der Waals surface area contributed by atoms with Crippen molar-refractivity contribution < 1.29 is 28.8 Å². The summed E-state index contributed by atoms with van der Waals surface area (Å²) in [6.45, 7) is 11.0. The van der Waals surface area contributed by atoms with Crippen molar-refractivity contribution in [1.82, 2.24) is 35.9 Å². The molecule has 4 heterocycles. The summed E-state index contributed by atoms with van der Waals surface area (Å²) in [5.41, 5.74) is 12.8. The zero-order chi connectivity index (χ0) is 44.1. The number of nitrogens with one attached hydrogen (secondary N) is 7. The van der Waals surface area contributed by atoms with E-state index in [0.29, 0.717) is 48.2 Å². The molecule has 18 heteroatoms. The topological polar surface area (TPSA) is 255 Å². The highest BCUT2D eigenvalue weighted by Crippen LogP contribution is 2.32. The van der Waals surface area contributed by atoms with Crippen molar-refractivity contribution in [3.05, 3.63) is 103 Å². The fourth-order valence-electron chi connectivity index (χ4n) is 7.56. The molecule has 2 aromatic carbocycles. The number of piperazine rings is 1. The van der Waals surface area contributed by atoms with Crippen molar-refractivity contribution >= 4 is 64.4 Å². The summed E-state index contributed by atoms with van der Waals surface area (Å²) in [5, 5.41) is 23.1. The predicted molar refractivity (Wildman–Crippen MR) is 230 cm³/mol. The number of amidine groups is 1.